The fourth-order valence-electron chi connectivity index (χ4n) is 2.57. The Balaban J connectivity index is 1.35. The Labute approximate surface area is 137 Å². The summed E-state index contributed by atoms with van der Waals surface area (Å²) in [6.07, 6.45) is 3.55. The Morgan fingerprint density at radius 3 is 2.61 bits per heavy atom. The van der Waals surface area contributed by atoms with Gasteiger partial charge in [-0.15, -0.1) is 21.5 Å². The first-order valence-corrected chi connectivity index (χ1v) is 8.37. The van der Waals surface area contributed by atoms with Gasteiger partial charge in [-0.25, -0.2) is 9.97 Å². The van der Waals surface area contributed by atoms with Crippen molar-refractivity contribution in [2.45, 2.75) is 6.54 Å². The molecule has 0 bridgehead atoms. The lowest BCUT2D eigenvalue weighted by Crippen LogP contribution is -2.46. The van der Waals surface area contributed by atoms with E-state index < -0.39 is 0 Å². The third-order valence-electron chi connectivity index (χ3n) is 3.76. The molecule has 118 valence electrons. The van der Waals surface area contributed by atoms with Gasteiger partial charge >= 0.3 is 0 Å². The lowest BCUT2D eigenvalue weighted by molar-refractivity contribution is 0.226. The molecule has 7 nitrogen and oxygen atoms in total. The Hall–Kier alpha value is -2.32. The van der Waals surface area contributed by atoms with Crippen LogP contribution in [0.5, 0.6) is 0 Å². The summed E-state index contributed by atoms with van der Waals surface area (Å²) in [6.45, 7) is 4.33. The largest absolute Gasteiger partial charge is 0.419 e. The molecule has 0 spiro atoms. The highest BCUT2D eigenvalue weighted by molar-refractivity contribution is 7.13. The van der Waals surface area contributed by atoms with Crippen LogP contribution in [-0.4, -0.2) is 51.2 Å². The second-order valence-electron chi connectivity index (χ2n) is 5.29. The van der Waals surface area contributed by atoms with Crippen molar-refractivity contribution >= 4 is 17.3 Å². The van der Waals surface area contributed by atoms with E-state index in [1.54, 1.807) is 23.7 Å². The van der Waals surface area contributed by atoms with Crippen LogP contribution in [-0.2, 0) is 6.54 Å². The van der Waals surface area contributed by atoms with Crippen LogP contribution >= 0.6 is 11.3 Å². The maximum absolute atomic E-state index is 5.75. The van der Waals surface area contributed by atoms with Crippen LogP contribution in [0.3, 0.4) is 0 Å². The van der Waals surface area contributed by atoms with Crippen molar-refractivity contribution in [1.29, 1.82) is 0 Å². The highest BCUT2D eigenvalue weighted by atomic mass is 32.1. The van der Waals surface area contributed by atoms with E-state index in [-0.39, 0.29) is 0 Å². The van der Waals surface area contributed by atoms with Crippen LogP contribution < -0.4 is 4.90 Å². The van der Waals surface area contributed by atoms with Gasteiger partial charge < -0.3 is 9.32 Å². The molecular weight excluding hydrogens is 312 g/mol. The summed E-state index contributed by atoms with van der Waals surface area (Å²) in [4.78, 5) is 14.1. The second-order valence-corrected chi connectivity index (χ2v) is 6.24. The van der Waals surface area contributed by atoms with Gasteiger partial charge in [-0.2, -0.15) is 0 Å². The average Bonchev–Trinajstić information content (AvgIpc) is 3.28. The number of hydrogen-bond donors (Lipinski definition) is 0. The molecule has 8 heteroatoms. The van der Waals surface area contributed by atoms with Crippen molar-refractivity contribution in [2.75, 3.05) is 31.1 Å². The zero-order valence-corrected chi connectivity index (χ0v) is 13.3. The molecule has 1 aliphatic heterocycles. The molecule has 3 aromatic heterocycles. The standard InChI is InChI=1S/C15H16N6OS/c1-3-12(23-10-1)14-19-18-13(22-14)11-20-6-8-21(9-7-20)15-16-4-2-5-17-15/h1-5,10H,6-9,11H2. The summed E-state index contributed by atoms with van der Waals surface area (Å²) in [5.41, 5.74) is 0. The first kappa shape index (κ1) is 14.3. The van der Waals surface area contributed by atoms with Gasteiger partial charge in [0.15, 0.2) is 0 Å². The van der Waals surface area contributed by atoms with Crippen LogP contribution in [0.2, 0.25) is 0 Å². The number of rotatable bonds is 4. The Morgan fingerprint density at radius 2 is 1.87 bits per heavy atom. The summed E-state index contributed by atoms with van der Waals surface area (Å²) < 4.78 is 5.75. The van der Waals surface area contributed by atoms with E-state index in [4.69, 9.17) is 4.42 Å². The van der Waals surface area contributed by atoms with Gasteiger partial charge in [0.2, 0.25) is 11.8 Å². The van der Waals surface area contributed by atoms with Crippen LogP contribution in [0.1, 0.15) is 5.89 Å². The molecule has 1 fully saturated rings. The van der Waals surface area contributed by atoms with Crippen molar-refractivity contribution in [3.63, 3.8) is 0 Å². The molecule has 1 aliphatic rings. The topological polar surface area (TPSA) is 71.2 Å². The summed E-state index contributed by atoms with van der Waals surface area (Å²) in [7, 11) is 0. The van der Waals surface area contributed by atoms with Gasteiger partial charge in [-0.3, -0.25) is 4.90 Å². The summed E-state index contributed by atoms with van der Waals surface area (Å²) in [6, 6.07) is 5.80. The number of anilines is 1. The predicted octanol–water partition coefficient (Wildman–Crippen LogP) is 1.91. The molecule has 0 N–H and O–H groups in total. The van der Waals surface area contributed by atoms with E-state index >= 15 is 0 Å². The third-order valence-corrected chi connectivity index (χ3v) is 4.62. The lowest BCUT2D eigenvalue weighted by Gasteiger charge is -2.33. The molecule has 0 aromatic carbocycles. The minimum Gasteiger partial charge on any atom is -0.419 e. The predicted molar refractivity (Wildman–Crippen MR) is 87.1 cm³/mol. The fraction of sp³-hybridized carbons (Fsp3) is 0.333. The number of piperazine rings is 1. The highest BCUT2D eigenvalue weighted by Gasteiger charge is 2.20. The van der Waals surface area contributed by atoms with E-state index in [0.29, 0.717) is 18.3 Å². The minimum absolute atomic E-state index is 0.603. The van der Waals surface area contributed by atoms with Gasteiger partial charge in [-0.05, 0) is 17.5 Å². The fourth-order valence-corrected chi connectivity index (χ4v) is 3.21. The first-order chi connectivity index (χ1) is 11.4. The zero-order chi connectivity index (χ0) is 15.5. The Bertz CT molecular complexity index is 736. The van der Waals surface area contributed by atoms with E-state index in [0.717, 1.165) is 37.0 Å². The smallest absolute Gasteiger partial charge is 0.257 e. The molecule has 4 rings (SSSR count). The molecule has 1 saturated heterocycles. The highest BCUT2D eigenvalue weighted by Crippen LogP contribution is 2.23. The molecule has 0 aliphatic carbocycles. The quantitative estimate of drug-likeness (QED) is 0.724. The molecule has 0 unspecified atom stereocenters. The normalized spacial score (nSPS) is 15.9. The average molecular weight is 328 g/mol. The van der Waals surface area contributed by atoms with E-state index in [9.17, 15) is 0 Å². The van der Waals surface area contributed by atoms with E-state index in [1.165, 1.54) is 0 Å². The number of aromatic nitrogens is 4. The summed E-state index contributed by atoms with van der Waals surface area (Å²) in [5.74, 6) is 2.06. The van der Waals surface area contributed by atoms with Crippen molar-refractivity contribution < 1.29 is 4.42 Å². The van der Waals surface area contributed by atoms with Gasteiger partial charge in [-0.1, -0.05) is 6.07 Å². The molecular formula is C15H16N6OS. The first-order valence-electron chi connectivity index (χ1n) is 7.49. The van der Waals surface area contributed by atoms with E-state index in [2.05, 4.69) is 30.0 Å². The molecule has 0 atom stereocenters. The van der Waals surface area contributed by atoms with Gasteiger partial charge in [0.1, 0.15) is 0 Å². The molecule has 0 saturated carbocycles. The zero-order valence-electron chi connectivity index (χ0n) is 12.5. The van der Waals surface area contributed by atoms with Crippen molar-refractivity contribution in [3.8, 4) is 10.8 Å². The minimum atomic E-state index is 0.603. The van der Waals surface area contributed by atoms with Crippen molar-refractivity contribution in [2.24, 2.45) is 0 Å². The Kier molecular flexibility index (Phi) is 3.99. The van der Waals surface area contributed by atoms with Gasteiger partial charge in [0, 0.05) is 38.6 Å². The maximum Gasteiger partial charge on any atom is 0.257 e. The molecule has 23 heavy (non-hydrogen) atoms. The molecule has 4 heterocycles. The van der Waals surface area contributed by atoms with Crippen LogP contribution in [0.25, 0.3) is 10.8 Å². The molecule has 0 radical (unpaired) electrons. The number of thiophene rings is 1. The maximum atomic E-state index is 5.75. The summed E-state index contributed by atoms with van der Waals surface area (Å²) in [5, 5.41) is 10.3. The monoisotopic (exact) mass is 328 g/mol. The van der Waals surface area contributed by atoms with Crippen molar-refractivity contribution in [1.82, 2.24) is 25.1 Å². The Morgan fingerprint density at radius 1 is 1.04 bits per heavy atom. The summed E-state index contributed by atoms with van der Waals surface area (Å²) >= 11 is 1.60. The lowest BCUT2D eigenvalue weighted by atomic mass is 10.3. The van der Waals surface area contributed by atoms with Crippen molar-refractivity contribution in [3.05, 3.63) is 41.9 Å². The van der Waals surface area contributed by atoms with E-state index in [1.807, 2.05) is 23.6 Å². The van der Waals surface area contributed by atoms with Gasteiger partial charge in [0.05, 0.1) is 11.4 Å². The number of nitrogens with zero attached hydrogens (tertiary/aromatic N) is 6. The molecule has 0 amide bonds. The van der Waals surface area contributed by atoms with Gasteiger partial charge in [0.25, 0.3) is 5.89 Å². The molecule has 3 aromatic rings. The van der Waals surface area contributed by atoms with Crippen LogP contribution in [0.15, 0.2) is 40.4 Å². The van der Waals surface area contributed by atoms with Crippen LogP contribution in [0.4, 0.5) is 5.95 Å². The SMILES string of the molecule is c1cnc(N2CCN(Cc3nnc(-c4cccs4)o3)CC2)nc1. The number of hydrogen-bond acceptors (Lipinski definition) is 8. The van der Waals surface area contributed by atoms with Crippen LogP contribution in [0, 0.1) is 0 Å². The third kappa shape index (κ3) is 3.22. The second kappa shape index (κ2) is 6.43.